The van der Waals surface area contributed by atoms with Crippen LogP contribution in [0.2, 0.25) is 0 Å². The van der Waals surface area contributed by atoms with E-state index in [1.807, 2.05) is 0 Å². The van der Waals surface area contributed by atoms with Crippen molar-refractivity contribution in [2.24, 2.45) is 0 Å². The minimum Gasteiger partial charge on any atom is -0.418 e. The van der Waals surface area contributed by atoms with E-state index in [0.29, 0.717) is 10.9 Å². The third-order valence-corrected chi connectivity index (χ3v) is 4.67. The molecule has 0 N–H and O–H groups in total. The molecule has 19 heavy (non-hydrogen) atoms. The van der Waals surface area contributed by atoms with E-state index in [4.69, 9.17) is 0 Å². The predicted octanol–water partition coefficient (Wildman–Crippen LogP) is 5.47. The second kappa shape index (κ2) is 12.9. The lowest BCUT2D eigenvalue weighted by molar-refractivity contribution is 0.368. The smallest absolute Gasteiger partial charge is 0.418 e. The van der Waals surface area contributed by atoms with Gasteiger partial charge in [0.15, 0.2) is 0 Å². The molecule has 0 amide bonds. The minimum atomic E-state index is -6.00. The van der Waals surface area contributed by atoms with Gasteiger partial charge in [-0.2, -0.15) is 0 Å². The van der Waals surface area contributed by atoms with Crippen LogP contribution in [0.3, 0.4) is 0 Å². The zero-order valence-corrected chi connectivity index (χ0v) is 13.3. The molecule has 0 saturated heterocycles. The number of hydrogen-bond acceptors (Lipinski definition) is 0. The molecule has 0 nitrogen and oxygen atoms in total. The van der Waals surface area contributed by atoms with Gasteiger partial charge in [0.25, 0.3) is 0 Å². The van der Waals surface area contributed by atoms with Gasteiger partial charge in [-0.3, -0.25) is 0 Å². The molecule has 0 rings (SSSR count). The van der Waals surface area contributed by atoms with E-state index in [2.05, 4.69) is 33.8 Å². The lowest BCUT2D eigenvalue weighted by Gasteiger charge is -2.05. The van der Waals surface area contributed by atoms with E-state index in [1.54, 1.807) is 0 Å². The van der Waals surface area contributed by atoms with Crippen LogP contribution in [0.25, 0.3) is 0 Å². The molecular weight excluding hydrogens is 275 g/mol. The van der Waals surface area contributed by atoms with Crippen LogP contribution in [0.1, 0.15) is 53.4 Å². The lowest BCUT2D eigenvalue weighted by atomic mass is 10.3. The van der Waals surface area contributed by atoms with E-state index < -0.39 is 7.25 Å². The first-order valence-electron chi connectivity index (χ1n) is 6.85. The quantitative estimate of drug-likeness (QED) is 0.241. The molecule has 0 bridgehead atoms. The summed E-state index contributed by atoms with van der Waals surface area (Å²) in [6.45, 7) is 9.01. The summed E-state index contributed by atoms with van der Waals surface area (Å²) < 4.78 is 39.0. The van der Waals surface area contributed by atoms with Gasteiger partial charge in [-0.05, 0) is 43.7 Å². The third-order valence-electron chi connectivity index (χ3n) is 2.30. The summed E-state index contributed by atoms with van der Waals surface area (Å²) in [6, 6.07) is 0. The van der Waals surface area contributed by atoms with Crippen LogP contribution in [0.4, 0.5) is 17.3 Å². The van der Waals surface area contributed by atoms with Crippen molar-refractivity contribution in [3.63, 3.8) is 0 Å². The van der Waals surface area contributed by atoms with Crippen LogP contribution < -0.4 is 0 Å². The molecule has 6 heteroatoms. The number of hydrogen-bond donors (Lipinski definition) is 0. The fraction of sp³-hybridized carbons (Fsp3) is 0.846. The summed E-state index contributed by atoms with van der Waals surface area (Å²) in [5, 5.41) is 0. The molecule has 0 aliphatic rings. The van der Waals surface area contributed by atoms with E-state index >= 15 is 0 Å². The standard InChI is InChI=1S/C13H27S.BF4/c1-5-7-10-14(11-8-6-2)12-9-13(3)4;2-1(3,4)5/h9H,5-8,10-12H2,1-4H3;/q+1;-1. The molecule has 0 radical (unpaired) electrons. The van der Waals surface area contributed by atoms with Crippen molar-refractivity contribution in [3.8, 4) is 0 Å². The zero-order valence-electron chi connectivity index (χ0n) is 12.5. The van der Waals surface area contributed by atoms with Crippen LogP contribution in [-0.4, -0.2) is 24.5 Å². The monoisotopic (exact) mass is 302 g/mol. The van der Waals surface area contributed by atoms with E-state index in [9.17, 15) is 17.3 Å². The maximum atomic E-state index is 9.75. The Kier molecular flexibility index (Phi) is 14.4. The molecule has 0 aliphatic carbocycles. The van der Waals surface area contributed by atoms with E-state index in [-0.39, 0.29) is 0 Å². The van der Waals surface area contributed by atoms with Crippen molar-refractivity contribution >= 4 is 18.1 Å². The van der Waals surface area contributed by atoms with Crippen molar-refractivity contribution in [1.82, 2.24) is 0 Å². The maximum absolute atomic E-state index is 9.75. The largest absolute Gasteiger partial charge is 0.673 e. The SMILES string of the molecule is CCCC[S+](CC=C(C)C)CCCC.F[B-](F)(F)F. The molecule has 0 saturated carbocycles. The van der Waals surface area contributed by atoms with E-state index in [0.717, 1.165) is 0 Å². The Bertz CT molecular complexity index is 211. The minimum absolute atomic E-state index is 0.679. The predicted molar refractivity (Wildman–Crippen MR) is 81.4 cm³/mol. The second-order valence-electron chi connectivity index (χ2n) is 4.67. The van der Waals surface area contributed by atoms with Gasteiger partial charge in [-0.25, -0.2) is 0 Å². The molecule has 0 heterocycles. The van der Waals surface area contributed by atoms with Crippen molar-refractivity contribution < 1.29 is 17.3 Å². The summed E-state index contributed by atoms with van der Waals surface area (Å²) in [4.78, 5) is 0. The van der Waals surface area contributed by atoms with Gasteiger partial charge >= 0.3 is 7.25 Å². The Morgan fingerprint density at radius 3 is 1.58 bits per heavy atom. The first kappa shape index (κ1) is 21.2. The number of unbranched alkanes of at least 4 members (excludes halogenated alkanes) is 2. The normalized spacial score (nSPS) is 11.0. The molecule has 0 fully saturated rings. The highest BCUT2D eigenvalue weighted by molar-refractivity contribution is 7.96. The highest BCUT2D eigenvalue weighted by Crippen LogP contribution is 2.07. The van der Waals surface area contributed by atoms with Gasteiger partial charge < -0.3 is 17.3 Å². The van der Waals surface area contributed by atoms with Gasteiger partial charge in [-0.1, -0.05) is 32.3 Å². The topological polar surface area (TPSA) is 0 Å². The van der Waals surface area contributed by atoms with Gasteiger partial charge in [0.05, 0.1) is 0 Å². The highest BCUT2D eigenvalue weighted by Gasteiger charge is 2.20. The van der Waals surface area contributed by atoms with Crippen molar-refractivity contribution in [3.05, 3.63) is 11.6 Å². The maximum Gasteiger partial charge on any atom is 0.673 e. The van der Waals surface area contributed by atoms with Crippen molar-refractivity contribution in [1.29, 1.82) is 0 Å². The number of halogens is 4. The molecule has 0 aliphatic heterocycles. The Morgan fingerprint density at radius 2 is 1.32 bits per heavy atom. The first-order valence-corrected chi connectivity index (χ1v) is 8.58. The Labute approximate surface area is 118 Å². The van der Waals surface area contributed by atoms with Crippen LogP contribution in [-0.2, 0) is 10.9 Å². The average molecular weight is 302 g/mol. The van der Waals surface area contributed by atoms with Gasteiger partial charge in [-0.15, -0.1) is 0 Å². The van der Waals surface area contributed by atoms with Crippen LogP contribution in [0, 0.1) is 0 Å². The summed E-state index contributed by atoms with van der Waals surface area (Å²) in [7, 11) is -5.32. The molecule has 0 aromatic rings. The number of allylic oxidation sites excluding steroid dienone is 1. The second-order valence-corrected chi connectivity index (χ2v) is 7.05. The molecule has 0 aromatic heterocycles. The van der Waals surface area contributed by atoms with Crippen LogP contribution in [0.5, 0.6) is 0 Å². The fourth-order valence-electron chi connectivity index (χ4n) is 1.25. The summed E-state index contributed by atoms with van der Waals surface area (Å²) in [5.41, 5.74) is 1.48. The Balaban J connectivity index is 0. The molecule has 116 valence electrons. The lowest BCUT2D eigenvalue weighted by Crippen LogP contribution is -2.15. The first-order chi connectivity index (χ1) is 8.70. The molecule has 0 spiro atoms. The molecule has 0 unspecified atom stereocenters. The summed E-state index contributed by atoms with van der Waals surface area (Å²) in [6.07, 6.45) is 7.97. The van der Waals surface area contributed by atoms with Gasteiger partial charge in [0.2, 0.25) is 0 Å². The van der Waals surface area contributed by atoms with Crippen molar-refractivity contribution in [2.75, 3.05) is 17.3 Å². The summed E-state index contributed by atoms with van der Waals surface area (Å²) >= 11 is 0. The fourth-order valence-corrected chi connectivity index (χ4v) is 3.75. The average Bonchev–Trinajstić information content (AvgIpc) is 2.25. The summed E-state index contributed by atoms with van der Waals surface area (Å²) in [5.74, 6) is 4.25. The Hall–Kier alpha value is -0.125. The Morgan fingerprint density at radius 1 is 0.947 bits per heavy atom. The number of rotatable bonds is 8. The van der Waals surface area contributed by atoms with Gasteiger partial charge in [0.1, 0.15) is 17.3 Å². The third kappa shape index (κ3) is 27.2. The molecule has 0 atom stereocenters. The van der Waals surface area contributed by atoms with Crippen LogP contribution in [0.15, 0.2) is 11.6 Å². The van der Waals surface area contributed by atoms with E-state index in [1.165, 1.54) is 48.5 Å². The molecular formula is C13H27BF4S. The highest BCUT2D eigenvalue weighted by atomic mass is 32.2. The van der Waals surface area contributed by atoms with Gasteiger partial charge in [0, 0.05) is 0 Å². The zero-order chi connectivity index (χ0) is 15.3. The van der Waals surface area contributed by atoms with Crippen molar-refractivity contribution in [2.45, 2.75) is 53.4 Å². The molecule has 0 aromatic carbocycles. The van der Waals surface area contributed by atoms with Crippen LogP contribution >= 0.6 is 0 Å².